The topological polar surface area (TPSA) is 52.6 Å². The summed E-state index contributed by atoms with van der Waals surface area (Å²) in [6, 6.07) is 6.16. The van der Waals surface area contributed by atoms with Crippen molar-refractivity contribution < 1.29 is 23.1 Å². The highest BCUT2D eigenvalue weighted by Gasteiger charge is 2.44. The van der Waals surface area contributed by atoms with Gasteiger partial charge < -0.3 is 15.3 Å². The van der Waals surface area contributed by atoms with Gasteiger partial charge in [0.15, 0.2) is 6.10 Å². The predicted molar refractivity (Wildman–Crippen MR) is 76.8 cm³/mol. The molecule has 1 saturated heterocycles. The average Bonchev–Trinajstić information content (AvgIpc) is 2.48. The molecule has 0 saturated carbocycles. The van der Waals surface area contributed by atoms with Crippen LogP contribution in [0.3, 0.4) is 0 Å². The minimum Gasteiger partial charge on any atom is -0.383 e. The molecule has 0 radical (unpaired) electrons. The molecule has 2 rings (SSSR count). The maximum Gasteiger partial charge on any atom is 0.414 e. The van der Waals surface area contributed by atoms with E-state index in [0.717, 1.165) is 0 Å². The SMILES string of the molecule is O=C(Nc1ccc(Cl)cc1)N1CCC(C(O)C(F)(F)F)CC1. The summed E-state index contributed by atoms with van der Waals surface area (Å²) in [5.41, 5.74) is 0.562. The van der Waals surface area contributed by atoms with Crippen LogP contribution < -0.4 is 5.32 Å². The summed E-state index contributed by atoms with van der Waals surface area (Å²) in [6.07, 6.45) is -6.70. The smallest absolute Gasteiger partial charge is 0.383 e. The van der Waals surface area contributed by atoms with Gasteiger partial charge in [-0.15, -0.1) is 0 Å². The second-order valence-electron chi connectivity index (χ2n) is 5.25. The average molecular weight is 337 g/mol. The molecular formula is C14H16ClF3N2O2. The van der Waals surface area contributed by atoms with Crippen LogP contribution in [0.2, 0.25) is 5.02 Å². The van der Waals surface area contributed by atoms with Crippen molar-refractivity contribution in [3.05, 3.63) is 29.3 Å². The zero-order valence-electron chi connectivity index (χ0n) is 11.6. The summed E-state index contributed by atoms with van der Waals surface area (Å²) >= 11 is 5.74. The Labute approximate surface area is 130 Å². The number of amides is 2. The van der Waals surface area contributed by atoms with Crippen LogP contribution in [0.5, 0.6) is 0 Å². The molecule has 8 heteroatoms. The highest BCUT2D eigenvalue weighted by atomic mass is 35.5. The van der Waals surface area contributed by atoms with E-state index in [4.69, 9.17) is 11.6 Å². The highest BCUT2D eigenvalue weighted by Crippen LogP contribution is 2.31. The molecule has 1 aromatic carbocycles. The predicted octanol–water partition coefficient (Wildman–Crippen LogP) is 3.51. The first kappa shape index (κ1) is 16.9. The number of likely N-dealkylation sites (tertiary alicyclic amines) is 1. The lowest BCUT2D eigenvalue weighted by Gasteiger charge is -2.34. The number of aliphatic hydroxyl groups excluding tert-OH is 1. The molecule has 0 spiro atoms. The highest BCUT2D eigenvalue weighted by molar-refractivity contribution is 6.30. The van der Waals surface area contributed by atoms with Gasteiger partial charge in [-0.2, -0.15) is 13.2 Å². The van der Waals surface area contributed by atoms with Gasteiger partial charge in [-0.3, -0.25) is 0 Å². The summed E-state index contributed by atoms with van der Waals surface area (Å²) in [5.74, 6) is -0.861. The Hall–Kier alpha value is -1.47. The van der Waals surface area contributed by atoms with Crippen LogP contribution in [0.15, 0.2) is 24.3 Å². The number of anilines is 1. The maximum atomic E-state index is 12.5. The van der Waals surface area contributed by atoms with Crippen LogP contribution in [-0.4, -0.2) is 41.4 Å². The van der Waals surface area contributed by atoms with Gasteiger partial charge in [-0.1, -0.05) is 11.6 Å². The first-order valence-corrected chi connectivity index (χ1v) is 7.21. The van der Waals surface area contributed by atoms with Crippen LogP contribution in [0.25, 0.3) is 0 Å². The molecule has 1 fully saturated rings. The molecule has 122 valence electrons. The molecule has 1 atom stereocenters. The second-order valence-corrected chi connectivity index (χ2v) is 5.68. The number of rotatable bonds is 2. The van der Waals surface area contributed by atoms with Crippen molar-refractivity contribution in [2.75, 3.05) is 18.4 Å². The van der Waals surface area contributed by atoms with E-state index in [1.54, 1.807) is 24.3 Å². The molecule has 2 N–H and O–H groups in total. The Kier molecular flexibility index (Phi) is 5.18. The van der Waals surface area contributed by atoms with Gasteiger partial charge in [-0.05, 0) is 43.0 Å². The molecule has 1 aromatic rings. The molecule has 1 aliphatic heterocycles. The van der Waals surface area contributed by atoms with E-state index in [1.165, 1.54) is 4.90 Å². The zero-order chi connectivity index (χ0) is 16.3. The number of piperidine rings is 1. The number of urea groups is 1. The third-order valence-electron chi connectivity index (χ3n) is 3.70. The molecule has 22 heavy (non-hydrogen) atoms. The third-order valence-corrected chi connectivity index (χ3v) is 3.96. The van der Waals surface area contributed by atoms with E-state index >= 15 is 0 Å². The maximum absolute atomic E-state index is 12.5. The summed E-state index contributed by atoms with van der Waals surface area (Å²) < 4.78 is 37.4. The Morgan fingerprint density at radius 2 is 1.82 bits per heavy atom. The number of halogens is 4. The van der Waals surface area contributed by atoms with Gasteiger partial charge in [0.1, 0.15) is 0 Å². The van der Waals surface area contributed by atoms with Crippen molar-refractivity contribution in [3.63, 3.8) is 0 Å². The Bertz CT molecular complexity index is 514. The largest absolute Gasteiger partial charge is 0.414 e. The van der Waals surface area contributed by atoms with Crippen molar-refractivity contribution in [1.82, 2.24) is 4.90 Å². The third kappa shape index (κ3) is 4.27. The Morgan fingerprint density at radius 3 is 2.32 bits per heavy atom. The van der Waals surface area contributed by atoms with Gasteiger partial charge in [0.05, 0.1) is 0 Å². The molecular weight excluding hydrogens is 321 g/mol. The summed E-state index contributed by atoms with van der Waals surface area (Å²) in [5, 5.41) is 12.4. The van der Waals surface area contributed by atoms with E-state index < -0.39 is 18.2 Å². The van der Waals surface area contributed by atoms with Crippen LogP contribution in [-0.2, 0) is 0 Å². The molecule has 1 unspecified atom stereocenters. The Balaban J connectivity index is 1.86. The van der Waals surface area contributed by atoms with Gasteiger partial charge >= 0.3 is 12.2 Å². The number of nitrogens with zero attached hydrogens (tertiary/aromatic N) is 1. The first-order chi connectivity index (χ1) is 10.3. The quantitative estimate of drug-likeness (QED) is 0.868. The van der Waals surface area contributed by atoms with Crippen molar-refractivity contribution in [2.24, 2.45) is 5.92 Å². The minimum absolute atomic E-state index is 0.120. The fourth-order valence-electron chi connectivity index (χ4n) is 2.42. The standard InChI is InChI=1S/C14H16ClF3N2O2/c15-10-1-3-11(4-2-10)19-13(22)20-7-5-9(6-8-20)12(21)14(16,17)18/h1-4,9,12,21H,5-8H2,(H,19,22). The van der Waals surface area contributed by atoms with Crippen molar-refractivity contribution in [1.29, 1.82) is 0 Å². The number of carbonyl (C=O) groups is 1. The monoisotopic (exact) mass is 336 g/mol. The molecule has 1 heterocycles. The van der Waals surface area contributed by atoms with Crippen LogP contribution >= 0.6 is 11.6 Å². The molecule has 0 aliphatic carbocycles. The number of benzene rings is 1. The Morgan fingerprint density at radius 1 is 1.27 bits per heavy atom. The van der Waals surface area contributed by atoms with Crippen molar-refractivity contribution in [2.45, 2.75) is 25.1 Å². The number of nitrogens with one attached hydrogen (secondary N) is 1. The number of hydrogen-bond acceptors (Lipinski definition) is 2. The number of carbonyl (C=O) groups excluding carboxylic acids is 1. The van der Waals surface area contributed by atoms with E-state index in [-0.39, 0.29) is 32.0 Å². The summed E-state index contributed by atoms with van der Waals surface area (Å²) in [4.78, 5) is 13.5. The number of hydrogen-bond donors (Lipinski definition) is 2. The fraction of sp³-hybridized carbons (Fsp3) is 0.500. The molecule has 0 bridgehead atoms. The van der Waals surface area contributed by atoms with Gasteiger partial charge in [0.2, 0.25) is 0 Å². The first-order valence-electron chi connectivity index (χ1n) is 6.83. The zero-order valence-corrected chi connectivity index (χ0v) is 12.4. The van der Waals surface area contributed by atoms with Crippen molar-refractivity contribution >= 4 is 23.3 Å². The lowest BCUT2D eigenvalue weighted by Crippen LogP contribution is -2.46. The molecule has 1 aliphatic rings. The van der Waals surface area contributed by atoms with E-state index in [1.807, 2.05) is 0 Å². The van der Waals surface area contributed by atoms with Crippen molar-refractivity contribution in [3.8, 4) is 0 Å². The molecule has 2 amide bonds. The van der Waals surface area contributed by atoms with Gasteiger partial charge in [-0.25, -0.2) is 4.79 Å². The van der Waals surface area contributed by atoms with Gasteiger partial charge in [0, 0.05) is 23.8 Å². The van der Waals surface area contributed by atoms with Gasteiger partial charge in [0.25, 0.3) is 0 Å². The van der Waals surface area contributed by atoms with E-state index in [9.17, 15) is 23.1 Å². The lowest BCUT2D eigenvalue weighted by atomic mass is 9.91. The second kappa shape index (κ2) is 6.75. The normalized spacial score (nSPS) is 18.1. The summed E-state index contributed by atoms with van der Waals surface area (Å²) in [6.45, 7) is 0.356. The van der Waals surface area contributed by atoms with Crippen LogP contribution in [0, 0.1) is 5.92 Å². The fourth-order valence-corrected chi connectivity index (χ4v) is 2.55. The number of alkyl halides is 3. The number of aliphatic hydroxyl groups is 1. The van der Waals surface area contributed by atoms with Crippen LogP contribution in [0.1, 0.15) is 12.8 Å². The van der Waals surface area contributed by atoms with E-state index in [2.05, 4.69) is 5.32 Å². The van der Waals surface area contributed by atoms with Crippen LogP contribution in [0.4, 0.5) is 23.7 Å². The molecule has 4 nitrogen and oxygen atoms in total. The molecule has 0 aromatic heterocycles. The summed E-state index contributed by atoms with van der Waals surface area (Å²) in [7, 11) is 0. The van der Waals surface area contributed by atoms with E-state index in [0.29, 0.717) is 10.7 Å². The minimum atomic E-state index is -4.61. The lowest BCUT2D eigenvalue weighted by molar-refractivity contribution is -0.222.